The first-order chi connectivity index (χ1) is 18.7. The van der Waals surface area contributed by atoms with Crippen LogP contribution in [0.25, 0.3) is 10.8 Å². The number of carbonyl (C=O) groups is 2. The average molecular weight is 532 g/mol. The van der Waals surface area contributed by atoms with Crippen LogP contribution in [0.5, 0.6) is 5.75 Å². The van der Waals surface area contributed by atoms with Gasteiger partial charge in [0.2, 0.25) is 0 Å². The normalized spacial score (nSPS) is 11.2. The van der Waals surface area contributed by atoms with Gasteiger partial charge in [-0.05, 0) is 52.7 Å². The molecule has 0 fully saturated rings. The van der Waals surface area contributed by atoms with Gasteiger partial charge in [0.25, 0.3) is 5.91 Å². The van der Waals surface area contributed by atoms with Crippen LogP contribution in [0.2, 0.25) is 0 Å². The predicted molar refractivity (Wildman–Crippen MR) is 137 cm³/mol. The quantitative estimate of drug-likeness (QED) is 0.209. The molecule has 2 amide bonds. The van der Waals surface area contributed by atoms with E-state index >= 15 is 0 Å². The van der Waals surface area contributed by atoms with Gasteiger partial charge in [0, 0.05) is 16.8 Å². The maximum Gasteiger partial charge on any atom is 0.416 e. The van der Waals surface area contributed by atoms with E-state index in [1.807, 2.05) is 6.07 Å². The van der Waals surface area contributed by atoms with Crippen molar-refractivity contribution in [1.82, 2.24) is 5.43 Å². The molecule has 4 aromatic rings. The van der Waals surface area contributed by atoms with Crippen molar-refractivity contribution >= 4 is 34.7 Å². The Morgan fingerprint density at radius 2 is 1.77 bits per heavy atom. The van der Waals surface area contributed by atoms with Gasteiger partial charge in [0.05, 0.1) is 17.3 Å². The fraction of sp³-hybridized carbons (Fsp3) is 0.0714. The summed E-state index contributed by atoms with van der Waals surface area (Å²) in [5, 5.41) is 26.3. The summed E-state index contributed by atoms with van der Waals surface area (Å²) in [6.45, 7) is -0.151. The largest absolute Gasteiger partial charge is 0.507 e. The van der Waals surface area contributed by atoms with Gasteiger partial charge in [-0.25, -0.2) is 10.2 Å². The molecule has 0 unspecified atom stereocenters. The van der Waals surface area contributed by atoms with Crippen molar-refractivity contribution in [2.75, 3.05) is 5.32 Å². The fourth-order valence-electron chi connectivity index (χ4n) is 3.69. The number of fused-ring (bicyclic) bond motifs is 1. The molecule has 0 heterocycles. The molecule has 39 heavy (non-hydrogen) atoms. The van der Waals surface area contributed by atoms with Gasteiger partial charge in [-0.15, -0.1) is 0 Å². The third kappa shape index (κ3) is 6.50. The Hall–Kier alpha value is -5.37. The molecule has 0 aromatic heterocycles. The van der Waals surface area contributed by atoms with Crippen molar-refractivity contribution in [3.63, 3.8) is 0 Å². The molecule has 0 bridgehead atoms. The minimum absolute atomic E-state index is 0.0426. The lowest BCUT2D eigenvalue weighted by Crippen LogP contribution is -2.17. The minimum atomic E-state index is -4.54. The van der Waals surface area contributed by atoms with Crippen molar-refractivity contribution in [3.05, 3.63) is 107 Å². The van der Waals surface area contributed by atoms with Crippen molar-refractivity contribution < 1.29 is 32.6 Å². The Morgan fingerprint density at radius 3 is 2.51 bits per heavy atom. The molecule has 4 rings (SSSR count). The van der Waals surface area contributed by atoms with Gasteiger partial charge in [-0.2, -0.15) is 23.5 Å². The van der Waals surface area contributed by atoms with Crippen LogP contribution < -0.4 is 10.7 Å². The highest BCUT2D eigenvalue weighted by Crippen LogP contribution is 2.30. The van der Waals surface area contributed by atoms with Crippen molar-refractivity contribution in [1.29, 1.82) is 5.26 Å². The second kappa shape index (κ2) is 11.4. The lowest BCUT2D eigenvalue weighted by molar-refractivity contribution is -0.137. The van der Waals surface area contributed by atoms with E-state index in [4.69, 9.17) is 10.00 Å². The summed E-state index contributed by atoms with van der Waals surface area (Å²) in [6.07, 6.45) is -4.03. The molecule has 0 saturated carbocycles. The molecule has 3 N–H and O–H groups in total. The number of phenols is 1. The fourth-order valence-corrected chi connectivity index (χ4v) is 3.69. The van der Waals surface area contributed by atoms with Crippen LogP contribution in [0.1, 0.15) is 32.6 Å². The number of nitriles is 1. The number of halogens is 3. The van der Waals surface area contributed by atoms with E-state index in [-0.39, 0.29) is 29.2 Å². The molecule has 0 radical (unpaired) electrons. The Labute approximate surface area is 220 Å². The molecule has 0 saturated heterocycles. The molecule has 11 heteroatoms. The van der Waals surface area contributed by atoms with E-state index < -0.39 is 23.7 Å². The monoisotopic (exact) mass is 532 g/mol. The first-order valence-corrected chi connectivity index (χ1v) is 11.3. The highest BCUT2D eigenvalue weighted by atomic mass is 19.4. The summed E-state index contributed by atoms with van der Waals surface area (Å²) in [6, 6.07) is 20.4. The zero-order chi connectivity index (χ0) is 28.0. The van der Waals surface area contributed by atoms with E-state index in [1.165, 1.54) is 36.5 Å². The molecular weight excluding hydrogens is 513 g/mol. The van der Waals surface area contributed by atoms with Crippen LogP contribution in [0.4, 0.5) is 23.7 Å². The number of rotatable bonds is 6. The molecule has 0 aliphatic carbocycles. The van der Waals surface area contributed by atoms with Crippen molar-refractivity contribution in [3.8, 4) is 11.8 Å². The molecule has 0 aliphatic heterocycles. The van der Waals surface area contributed by atoms with Gasteiger partial charge in [-0.3, -0.25) is 10.1 Å². The number of nitrogens with one attached hydrogen (secondary N) is 2. The zero-order valence-corrected chi connectivity index (χ0v) is 20.0. The second-order valence-corrected chi connectivity index (χ2v) is 8.18. The van der Waals surface area contributed by atoms with Crippen molar-refractivity contribution in [2.45, 2.75) is 12.8 Å². The number of nitrogens with zero attached hydrogens (tertiary/aromatic N) is 2. The topological polar surface area (TPSA) is 124 Å². The van der Waals surface area contributed by atoms with Gasteiger partial charge >= 0.3 is 12.3 Å². The summed E-state index contributed by atoms with van der Waals surface area (Å²) < 4.78 is 43.9. The first kappa shape index (κ1) is 26.7. The number of amides is 2. The number of phenolic OH excluding ortho intramolecular Hbond substituents is 1. The summed E-state index contributed by atoms with van der Waals surface area (Å²) >= 11 is 0. The molecule has 4 aromatic carbocycles. The van der Waals surface area contributed by atoms with E-state index in [0.717, 1.165) is 22.9 Å². The number of hydrazone groups is 1. The number of hydrogen-bond acceptors (Lipinski definition) is 6. The maximum atomic E-state index is 12.9. The lowest BCUT2D eigenvalue weighted by atomic mass is 10.0. The van der Waals surface area contributed by atoms with E-state index in [1.54, 1.807) is 36.4 Å². The van der Waals surface area contributed by atoms with Gasteiger partial charge in [-0.1, -0.05) is 42.5 Å². The molecule has 0 atom stereocenters. The van der Waals surface area contributed by atoms with Crippen LogP contribution >= 0.6 is 0 Å². The number of carbonyl (C=O) groups excluding carboxylic acids is 2. The van der Waals surface area contributed by atoms with Crippen molar-refractivity contribution in [2.24, 2.45) is 5.10 Å². The summed E-state index contributed by atoms with van der Waals surface area (Å²) in [7, 11) is 0. The Kier molecular flexibility index (Phi) is 7.77. The third-order valence-corrected chi connectivity index (χ3v) is 5.59. The minimum Gasteiger partial charge on any atom is -0.507 e. The summed E-state index contributed by atoms with van der Waals surface area (Å²) in [5.41, 5.74) is 2.80. The smallest absolute Gasteiger partial charge is 0.416 e. The average Bonchev–Trinajstić information content (AvgIpc) is 2.92. The van der Waals surface area contributed by atoms with Crippen LogP contribution in [0.3, 0.4) is 0 Å². The van der Waals surface area contributed by atoms with Crippen LogP contribution in [-0.2, 0) is 17.5 Å². The van der Waals surface area contributed by atoms with Gasteiger partial charge in [0.15, 0.2) is 0 Å². The summed E-state index contributed by atoms with van der Waals surface area (Å²) in [5.74, 6) is -0.815. The Balaban J connectivity index is 1.44. The summed E-state index contributed by atoms with van der Waals surface area (Å²) in [4.78, 5) is 24.6. The highest BCUT2D eigenvalue weighted by Gasteiger charge is 2.30. The number of ether oxygens (including phenoxy) is 1. The second-order valence-electron chi connectivity index (χ2n) is 8.18. The number of aromatic hydroxyl groups is 1. The number of anilines is 1. The van der Waals surface area contributed by atoms with Gasteiger partial charge in [0.1, 0.15) is 18.4 Å². The van der Waals surface area contributed by atoms with Crippen LogP contribution in [-0.4, -0.2) is 23.3 Å². The molecule has 8 nitrogen and oxygen atoms in total. The third-order valence-electron chi connectivity index (χ3n) is 5.59. The number of hydrogen-bond donors (Lipinski definition) is 3. The molecule has 0 spiro atoms. The van der Waals surface area contributed by atoms with Gasteiger partial charge < -0.3 is 9.84 Å². The number of benzene rings is 4. The van der Waals surface area contributed by atoms with Crippen LogP contribution in [0, 0.1) is 11.3 Å². The van der Waals surface area contributed by atoms with E-state index in [9.17, 15) is 27.9 Å². The predicted octanol–water partition coefficient (Wildman–Crippen LogP) is 5.95. The zero-order valence-electron chi connectivity index (χ0n) is 20.0. The van der Waals surface area contributed by atoms with Crippen LogP contribution in [0.15, 0.2) is 84.0 Å². The number of alkyl halides is 3. The van der Waals surface area contributed by atoms with E-state index in [2.05, 4.69) is 15.8 Å². The molecule has 0 aliphatic rings. The lowest BCUT2D eigenvalue weighted by Gasteiger charge is -2.12. The molecule has 196 valence electrons. The highest BCUT2D eigenvalue weighted by molar-refractivity contribution is 6.02. The van der Waals surface area contributed by atoms with E-state index in [0.29, 0.717) is 11.1 Å². The molecular formula is C28H19F3N4O4. The Morgan fingerprint density at radius 1 is 1.00 bits per heavy atom. The first-order valence-electron chi connectivity index (χ1n) is 11.3. The Bertz CT molecular complexity index is 1630. The standard InChI is InChI=1S/C28H19F3N4O4/c29-28(30,31)21-4-3-5-22(13-21)34-27(38)39-16-19-9-8-18(23-6-1-2-7-24(19)23)15-33-35-26(37)17-10-11-25(36)20(12-17)14-32/h1-13,15,36H,16H2,(H,34,38)(H,35,37)/b33-15+. The maximum absolute atomic E-state index is 12.9. The SMILES string of the molecule is N#Cc1cc(C(=O)N/N=C/c2ccc(COC(=O)Nc3cccc(C(F)(F)F)c3)c3ccccc23)ccc1O.